The average Bonchev–Trinajstić information content (AvgIpc) is 0.869. The zero-order chi connectivity index (χ0) is 99.5. The molecule has 4 aliphatic heterocycles. The van der Waals surface area contributed by atoms with Gasteiger partial charge in [-0.2, -0.15) is 19.9 Å². The second-order valence-electron chi connectivity index (χ2n) is 38.2. The number of piperazine rings is 1. The Balaban J connectivity index is 0.000000114. The Kier molecular flexibility index (Phi) is 29.2. The molecular formula is C110H112Cl4FN25O5. The Bertz CT molecular complexity index is 7250. The molecule has 0 amide bonds. The van der Waals surface area contributed by atoms with Gasteiger partial charge in [-0.15, -0.1) is 0 Å². The highest BCUT2D eigenvalue weighted by atomic mass is 35.5. The largest absolute Gasteiger partial charge is 0.371 e. The number of fused-ring (bicyclic) bond motifs is 4. The number of ether oxygens (including phenoxy) is 1. The summed E-state index contributed by atoms with van der Waals surface area (Å²) in [4.78, 5) is 111. The van der Waals surface area contributed by atoms with Gasteiger partial charge in [0.15, 0.2) is 0 Å². The van der Waals surface area contributed by atoms with Crippen molar-refractivity contribution in [1.29, 1.82) is 0 Å². The molecule has 0 bridgehead atoms. The predicted octanol–water partition coefficient (Wildman–Crippen LogP) is 20.7. The first-order valence-electron chi connectivity index (χ1n) is 50.5. The van der Waals surface area contributed by atoms with Crippen LogP contribution in [0, 0.1) is 5.82 Å². The van der Waals surface area contributed by atoms with Crippen LogP contribution in [0.5, 0.6) is 0 Å². The van der Waals surface area contributed by atoms with E-state index in [0.29, 0.717) is 191 Å². The average molecular weight is 2030 g/mol. The molecule has 4 aliphatic carbocycles. The van der Waals surface area contributed by atoms with Crippen molar-refractivity contribution in [2.75, 3.05) is 98.2 Å². The molecule has 4 saturated heterocycles. The van der Waals surface area contributed by atoms with Gasteiger partial charge in [-0.1, -0.05) is 82.8 Å². The summed E-state index contributed by atoms with van der Waals surface area (Å²) in [7, 11) is 0. The van der Waals surface area contributed by atoms with E-state index in [1.807, 2.05) is 112 Å². The zero-order valence-electron chi connectivity index (χ0n) is 81.1. The third-order valence-corrected chi connectivity index (χ3v) is 29.4. The molecular weight excluding hydrogens is 1910 g/mol. The van der Waals surface area contributed by atoms with Crippen LogP contribution in [0.15, 0.2) is 208 Å². The van der Waals surface area contributed by atoms with E-state index in [2.05, 4.69) is 141 Å². The lowest BCUT2D eigenvalue weighted by molar-refractivity contribution is 0.0277. The minimum absolute atomic E-state index is 0.0609. The van der Waals surface area contributed by atoms with Gasteiger partial charge in [0.1, 0.15) is 28.4 Å². The van der Waals surface area contributed by atoms with Gasteiger partial charge in [-0.25, -0.2) is 24.3 Å². The highest BCUT2D eigenvalue weighted by molar-refractivity contribution is 6.34. The Labute approximate surface area is 856 Å². The Morgan fingerprint density at radius 1 is 0.331 bits per heavy atom. The number of piperidine rings is 2. The summed E-state index contributed by atoms with van der Waals surface area (Å²) in [6.45, 7) is 19.4. The summed E-state index contributed by atoms with van der Waals surface area (Å²) in [5.41, 5.74) is 17.4. The summed E-state index contributed by atoms with van der Waals surface area (Å²) in [6, 6.07) is 44.9. The van der Waals surface area contributed by atoms with E-state index < -0.39 is 0 Å². The lowest BCUT2D eigenvalue weighted by Crippen LogP contribution is -2.43. The maximum absolute atomic E-state index is 14.9. The van der Waals surface area contributed by atoms with Gasteiger partial charge < -0.3 is 52.2 Å². The smallest absolute Gasteiger partial charge is 0.261 e. The molecule has 2 unspecified atom stereocenters. The number of hydrogen-bond acceptors (Lipinski definition) is 26. The first kappa shape index (κ1) is 97.6. The highest BCUT2D eigenvalue weighted by Gasteiger charge is 2.32. The molecule has 0 radical (unpaired) electrons. The van der Waals surface area contributed by atoms with Crippen LogP contribution in [0.1, 0.15) is 185 Å². The monoisotopic (exact) mass is 2020 g/mol. The maximum Gasteiger partial charge on any atom is 0.261 e. The van der Waals surface area contributed by atoms with Crippen LogP contribution in [-0.2, 0) is 30.9 Å². The van der Waals surface area contributed by atoms with Crippen molar-refractivity contribution in [3.8, 4) is 45.0 Å². The van der Waals surface area contributed by atoms with Crippen LogP contribution in [0.4, 0.5) is 56.6 Å². The molecule has 8 N–H and O–H groups in total. The number of halogens is 5. The van der Waals surface area contributed by atoms with Crippen LogP contribution >= 0.6 is 46.4 Å². The summed E-state index contributed by atoms with van der Waals surface area (Å²) in [6.07, 6.45) is 28.4. The maximum atomic E-state index is 14.9. The Morgan fingerprint density at radius 2 is 0.655 bits per heavy atom. The normalized spacial score (nSPS) is 17.0. The number of rotatable bonds is 24. The number of hydrogen-bond donors (Lipinski definition) is 8. The number of aryl methyl sites for hydroxylation is 4. The van der Waals surface area contributed by atoms with Crippen molar-refractivity contribution in [2.24, 2.45) is 0 Å². The number of morpholine rings is 1. The van der Waals surface area contributed by atoms with Crippen molar-refractivity contribution in [3.63, 3.8) is 0 Å². The quantitative estimate of drug-likeness (QED) is 0.0278. The topological polar surface area (TPSA) is 351 Å². The molecule has 16 aromatic rings. The zero-order valence-corrected chi connectivity index (χ0v) is 84.1. The van der Waals surface area contributed by atoms with E-state index in [9.17, 15) is 23.6 Å². The number of nitrogens with zero attached hydrogens (tertiary/aromatic N) is 17. The first-order valence-corrected chi connectivity index (χ1v) is 52.0. The minimum atomic E-state index is -0.306. The molecule has 4 saturated carbocycles. The van der Waals surface area contributed by atoms with E-state index >= 15 is 0 Å². The van der Waals surface area contributed by atoms with Crippen molar-refractivity contribution in [2.45, 2.75) is 173 Å². The van der Waals surface area contributed by atoms with Crippen molar-refractivity contribution in [3.05, 3.63) is 295 Å². The summed E-state index contributed by atoms with van der Waals surface area (Å²) >= 11 is 26.3. The van der Waals surface area contributed by atoms with Crippen LogP contribution in [-0.4, -0.2) is 150 Å². The minimum Gasteiger partial charge on any atom is -0.371 e. The second kappa shape index (κ2) is 43.4. The molecule has 24 rings (SSSR count). The van der Waals surface area contributed by atoms with Crippen molar-refractivity contribution < 1.29 is 9.13 Å². The molecule has 12 aromatic heterocycles. The summed E-state index contributed by atoms with van der Waals surface area (Å²) in [5, 5.41) is 31.3. The van der Waals surface area contributed by atoms with Gasteiger partial charge in [0.2, 0.25) is 23.8 Å². The SMILES string of the molecule is CCn1c(=O)c(-c2ncc(C3CC3)cc2Cl)cc2cnc(Nc3ccc(C4CCCNC4)cc3)nc21.CCn1c(=O)c(-c2ncc(C3CC3)cc2Cl)cc2cnc(Nc3ccc(C4CCNCC4)cc3)nc21.CCn1c(=O)c(-c2ncc(C3CC3)cc2Cl)cc2cnc(Nc3ccc(C4CNCCO4)cc3)nc21.CCn1c(=O)c(-c2ncc(C3CC3)cc2Cl)cc2cnc(Nc3ccc(N4CCNCC4)c(F)c3)nc21. The van der Waals surface area contributed by atoms with E-state index in [4.69, 9.17) is 61.1 Å². The van der Waals surface area contributed by atoms with E-state index in [1.165, 1.54) is 81.4 Å². The number of pyridine rings is 8. The van der Waals surface area contributed by atoms with Crippen molar-refractivity contribution >= 4 is 143 Å². The first-order chi connectivity index (χ1) is 70.8. The number of aromatic nitrogens is 16. The lowest BCUT2D eigenvalue weighted by Gasteiger charge is -2.29. The van der Waals surface area contributed by atoms with Crippen LogP contribution < -0.4 is 69.7 Å². The van der Waals surface area contributed by atoms with Gasteiger partial charge >= 0.3 is 0 Å². The third-order valence-electron chi connectivity index (χ3n) is 28.3. The molecule has 16 heterocycles. The molecule has 30 nitrogen and oxygen atoms in total. The van der Waals surface area contributed by atoms with E-state index in [0.717, 1.165) is 139 Å². The Morgan fingerprint density at radius 3 is 0.972 bits per heavy atom. The van der Waals surface area contributed by atoms with Gasteiger partial charge in [0, 0.05) is 166 Å². The standard InChI is InChI=1S/2C28H29ClN6O.C27H27ClFN7O.C27H27ClN6O2/c1-2-35-26-21(13-23(27(35)36)25-24(29)14-20(15-31-25)18-3-4-18)16-32-28(34-26)33-22-7-5-17(6-8-22)19-9-11-30-12-10-19;1-2-35-26-21(12-23(27(35)36)25-24(29)13-20(15-31-25)18-5-6-18)16-32-28(34-26)33-22-9-7-17(8-10-22)19-4-3-11-30-14-19;1-2-36-25-18(11-20(26(36)37)24-21(28)12-17(14-31-24)16-3-4-16)15-32-27(34-25)33-19-5-6-23(22(29)13-19)35-9-7-30-8-10-35;1-2-34-25-19(11-21(26(34)35)24-22(28)12-18(13-30-24)16-3-4-16)14-31-27(33-25)32-20-7-5-17(6-8-20)23-15-29-9-10-36-23/h5-8,13-16,18-19,30H,2-4,9-12H2,1H3,(H,32,33,34);7-10,12-13,15-16,18-19,30H,2-6,11,14H2,1H3,(H,32,33,34);5-6,11-16,30H,2-4,7-10H2,1H3,(H,32,33,34);5-8,11-14,16,23,29H,2-4,9-10,15H2,1H3,(H,31,32,33). The molecule has 4 aromatic carbocycles. The van der Waals surface area contributed by atoms with Gasteiger partial charge in [0.25, 0.3) is 22.2 Å². The fraction of sp³-hybridized carbons (Fsp3) is 0.345. The molecule has 145 heavy (non-hydrogen) atoms. The molecule has 0 spiro atoms. The van der Waals surface area contributed by atoms with Gasteiger partial charge in [-0.05, 0) is 302 Å². The summed E-state index contributed by atoms with van der Waals surface area (Å²) < 4.78 is 27.2. The highest BCUT2D eigenvalue weighted by Crippen LogP contribution is 2.46. The van der Waals surface area contributed by atoms with Gasteiger partial charge in [-0.3, -0.25) is 57.4 Å². The number of nitrogens with one attached hydrogen (secondary N) is 8. The predicted molar refractivity (Wildman–Crippen MR) is 574 cm³/mol. The summed E-state index contributed by atoms with van der Waals surface area (Å²) in [5.74, 6) is 4.64. The molecule has 35 heteroatoms. The van der Waals surface area contributed by atoms with Gasteiger partial charge in [0.05, 0.1) is 83.5 Å². The van der Waals surface area contributed by atoms with Crippen LogP contribution in [0.3, 0.4) is 0 Å². The second-order valence-corrected chi connectivity index (χ2v) is 39.8. The Hall–Kier alpha value is -13.5. The van der Waals surface area contributed by atoms with Crippen LogP contribution in [0.2, 0.25) is 20.1 Å². The van der Waals surface area contributed by atoms with E-state index in [-0.39, 0.29) is 40.1 Å². The third kappa shape index (κ3) is 21.9. The number of anilines is 9. The number of benzene rings is 4. The molecule has 742 valence electrons. The van der Waals surface area contributed by atoms with Crippen LogP contribution in [0.25, 0.3) is 89.2 Å². The fourth-order valence-electron chi connectivity index (χ4n) is 19.7. The molecule has 8 aliphatic rings. The fourth-order valence-corrected chi connectivity index (χ4v) is 20.8. The lowest BCUT2D eigenvalue weighted by atomic mass is 9.90. The molecule has 2 atom stereocenters. The molecule has 8 fully saturated rings. The van der Waals surface area contributed by atoms with E-state index in [1.54, 1.807) is 73.4 Å². The van der Waals surface area contributed by atoms with Crippen molar-refractivity contribution in [1.82, 2.24) is 99.3 Å².